The van der Waals surface area contributed by atoms with Crippen molar-refractivity contribution < 1.29 is 64.6 Å². The van der Waals surface area contributed by atoms with Crippen molar-refractivity contribution in [2.45, 2.75) is 351 Å². The third-order valence-corrected chi connectivity index (χ3v) is 15.7. The standard InChI is InChI=1S/C61H117NO13/c1-3-5-7-9-11-13-15-17-19-21-23-24-25-26-27-28-30-32-34-36-38-40-42-44-50(65)49(62-53(66)45-43-41-39-37-35-33-31-29-22-20-18-16-14-12-10-8-6-4-2)48-72-60-58(71)56(69)59(52(47-64)74-60)75-61-57(70)55(68)54(67)51(46-63)73-61/h42,44,49-52,54-61,63-65,67-71H,3-41,43,45-48H2,1-2H3,(H,62,66)/b44-42+. The number of hydrogen-bond acceptors (Lipinski definition) is 13. The highest BCUT2D eigenvalue weighted by molar-refractivity contribution is 5.76. The van der Waals surface area contributed by atoms with E-state index in [1.54, 1.807) is 6.08 Å². The summed E-state index contributed by atoms with van der Waals surface area (Å²) in [7, 11) is 0. The summed E-state index contributed by atoms with van der Waals surface area (Å²) in [6, 6.07) is -0.910. The molecule has 14 heteroatoms. The van der Waals surface area contributed by atoms with Crippen molar-refractivity contribution in [3.05, 3.63) is 12.2 Å². The Balaban J connectivity index is 1.74. The van der Waals surface area contributed by atoms with Gasteiger partial charge >= 0.3 is 0 Å². The molecule has 0 aromatic heterocycles. The van der Waals surface area contributed by atoms with Gasteiger partial charge < -0.3 is 65.1 Å². The minimum Gasteiger partial charge on any atom is -0.394 e. The van der Waals surface area contributed by atoms with Gasteiger partial charge in [0, 0.05) is 6.42 Å². The average Bonchev–Trinajstić information content (AvgIpc) is 3.41. The molecule has 0 bridgehead atoms. The summed E-state index contributed by atoms with van der Waals surface area (Å²) in [5.41, 5.74) is 0. The Morgan fingerprint density at radius 2 is 0.827 bits per heavy atom. The molecule has 14 nitrogen and oxygen atoms in total. The molecule has 2 saturated heterocycles. The van der Waals surface area contributed by atoms with Crippen LogP contribution in [0.5, 0.6) is 0 Å². The Labute approximate surface area is 456 Å². The molecular formula is C61H117NO13. The van der Waals surface area contributed by atoms with E-state index in [1.807, 2.05) is 6.08 Å². The Kier molecular flexibility index (Phi) is 44.3. The van der Waals surface area contributed by atoms with E-state index in [-0.39, 0.29) is 18.9 Å². The molecule has 1 amide bonds. The highest BCUT2D eigenvalue weighted by Gasteiger charge is 2.51. The smallest absolute Gasteiger partial charge is 0.220 e. The molecule has 2 fully saturated rings. The molecule has 0 aromatic carbocycles. The van der Waals surface area contributed by atoms with Gasteiger partial charge in [-0.3, -0.25) is 4.79 Å². The Morgan fingerprint density at radius 3 is 1.23 bits per heavy atom. The van der Waals surface area contributed by atoms with Crippen LogP contribution < -0.4 is 5.32 Å². The van der Waals surface area contributed by atoms with E-state index in [4.69, 9.17) is 18.9 Å². The zero-order valence-electron chi connectivity index (χ0n) is 47.8. The van der Waals surface area contributed by atoms with E-state index in [0.29, 0.717) is 6.42 Å². The second kappa shape index (κ2) is 47.5. The number of amides is 1. The van der Waals surface area contributed by atoms with Crippen molar-refractivity contribution in [3.8, 4) is 0 Å². The van der Waals surface area contributed by atoms with Crippen LogP contribution in [0.1, 0.15) is 277 Å². The first-order valence-corrected chi connectivity index (χ1v) is 31.4. The van der Waals surface area contributed by atoms with Crippen LogP contribution in [0, 0.1) is 0 Å². The van der Waals surface area contributed by atoms with Gasteiger partial charge in [-0.15, -0.1) is 0 Å². The fraction of sp³-hybridized carbons (Fsp3) is 0.951. The van der Waals surface area contributed by atoms with Crippen LogP contribution in [0.3, 0.4) is 0 Å². The van der Waals surface area contributed by atoms with Gasteiger partial charge in [0.15, 0.2) is 12.6 Å². The molecule has 9 N–H and O–H groups in total. The molecule has 0 radical (unpaired) electrons. The summed E-state index contributed by atoms with van der Waals surface area (Å²) in [5.74, 6) is -0.233. The minimum atomic E-state index is -1.79. The van der Waals surface area contributed by atoms with Crippen LogP contribution in [0.4, 0.5) is 0 Å². The van der Waals surface area contributed by atoms with Crippen LogP contribution in [0.25, 0.3) is 0 Å². The first kappa shape index (κ1) is 69.8. The lowest BCUT2D eigenvalue weighted by molar-refractivity contribution is -0.359. The molecular weight excluding hydrogens is 955 g/mol. The number of aliphatic hydroxyl groups excluding tert-OH is 8. The molecule has 2 rings (SSSR count). The normalized spacial score (nSPS) is 25.0. The summed E-state index contributed by atoms with van der Waals surface area (Å²) < 4.78 is 22.8. The summed E-state index contributed by atoms with van der Waals surface area (Å²) in [6.45, 7) is 2.84. The Bertz CT molecular complexity index is 1310. The van der Waals surface area contributed by atoms with Crippen LogP contribution in [-0.2, 0) is 23.7 Å². The zero-order chi connectivity index (χ0) is 54.6. The van der Waals surface area contributed by atoms with Gasteiger partial charge in [-0.2, -0.15) is 0 Å². The van der Waals surface area contributed by atoms with Crippen LogP contribution >= 0.6 is 0 Å². The zero-order valence-corrected chi connectivity index (χ0v) is 47.8. The second-order valence-electron chi connectivity index (χ2n) is 22.6. The van der Waals surface area contributed by atoms with Gasteiger partial charge in [0.05, 0.1) is 32.0 Å². The Morgan fingerprint density at radius 1 is 0.467 bits per heavy atom. The van der Waals surface area contributed by atoms with Gasteiger partial charge in [0.1, 0.15) is 48.8 Å². The topological polar surface area (TPSA) is 228 Å². The van der Waals surface area contributed by atoms with E-state index < -0.39 is 86.8 Å². The van der Waals surface area contributed by atoms with Crippen molar-refractivity contribution >= 4 is 5.91 Å². The van der Waals surface area contributed by atoms with Gasteiger partial charge in [0.2, 0.25) is 5.91 Å². The number of aliphatic hydroxyl groups is 8. The quantitative estimate of drug-likeness (QED) is 0.0204. The third-order valence-electron chi connectivity index (χ3n) is 15.7. The minimum absolute atomic E-state index is 0.233. The van der Waals surface area contributed by atoms with Gasteiger partial charge in [-0.25, -0.2) is 0 Å². The lowest BCUT2D eigenvalue weighted by atomic mass is 9.97. The van der Waals surface area contributed by atoms with E-state index >= 15 is 0 Å². The summed E-state index contributed by atoms with van der Waals surface area (Å²) in [4.78, 5) is 13.3. The summed E-state index contributed by atoms with van der Waals surface area (Å²) in [5, 5.41) is 87.2. The fourth-order valence-corrected chi connectivity index (χ4v) is 10.6. The SMILES string of the molecule is CCCCCCCCCCCCCCCCCCCCCCC/C=C/C(O)C(COC1OC(CO)C(OC2OC(CO)C(O)C(O)C2O)C(O)C1O)NC(=O)CCCCCCCCCCCCCCCCCCCC. The highest BCUT2D eigenvalue weighted by Crippen LogP contribution is 2.30. The van der Waals surface area contributed by atoms with Crippen LogP contribution in [0.2, 0.25) is 0 Å². The lowest BCUT2D eigenvalue weighted by Gasteiger charge is -2.46. The molecule has 0 spiro atoms. The van der Waals surface area contributed by atoms with Crippen LogP contribution in [-0.4, -0.2) is 140 Å². The number of hydrogen-bond donors (Lipinski definition) is 9. The average molecular weight is 1070 g/mol. The summed E-state index contributed by atoms with van der Waals surface area (Å²) >= 11 is 0. The maximum atomic E-state index is 13.3. The maximum absolute atomic E-state index is 13.3. The molecule has 12 atom stereocenters. The van der Waals surface area contributed by atoms with Crippen molar-refractivity contribution in [2.75, 3.05) is 19.8 Å². The first-order valence-electron chi connectivity index (χ1n) is 31.4. The fourth-order valence-electron chi connectivity index (χ4n) is 10.6. The predicted octanol–water partition coefficient (Wildman–Crippen LogP) is 11.1. The first-order chi connectivity index (χ1) is 36.6. The van der Waals surface area contributed by atoms with Gasteiger partial charge in [-0.05, 0) is 19.3 Å². The molecule has 444 valence electrons. The number of unbranched alkanes of at least 4 members (excludes halogenated alkanes) is 38. The maximum Gasteiger partial charge on any atom is 0.220 e. The van der Waals surface area contributed by atoms with E-state index in [9.17, 15) is 45.6 Å². The van der Waals surface area contributed by atoms with Crippen molar-refractivity contribution in [1.82, 2.24) is 5.32 Å². The van der Waals surface area contributed by atoms with Crippen molar-refractivity contribution in [1.29, 1.82) is 0 Å². The molecule has 0 aliphatic carbocycles. The molecule has 2 aliphatic rings. The van der Waals surface area contributed by atoms with Crippen LogP contribution in [0.15, 0.2) is 12.2 Å². The van der Waals surface area contributed by atoms with Gasteiger partial charge in [0.25, 0.3) is 0 Å². The van der Waals surface area contributed by atoms with Crippen molar-refractivity contribution in [2.24, 2.45) is 0 Å². The molecule has 0 aromatic rings. The number of carbonyl (C=O) groups excluding carboxylic acids is 1. The number of allylic oxidation sites excluding steroid dienone is 1. The van der Waals surface area contributed by atoms with E-state index in [0.717, 1.165) is 38.5 Å². The monoisotopic (exact) mass is 1070 g/mol. The number of rotatable bonds is 51. The van der Waals surface area contributed by atoms with E-state index in [2.05, 4.69) is 19.2 Å². The van der Waals surface area contributed by atoms with E-state index in [1.165, 1.54) is 212 Å². The molecule has 2 heterocycles. The highest BCUT2D eigenvalue weighted by atomic mass is 16.7. The summed E-state index contributed by atoms with van der Waals surface area (Å²) in [6.07, 6.45) is 38.2. The molecule has 12 unspecified atom stereocenters. The molecule has 75 heavy (non-hydrogen) atoms. The Hall–Kier alpha value is -1.27. The van der Waals surface area contributed by atoms with Crippen molar-refractivity contribution in [3.63, 3.8) is 0 Å². The lowest BCUT2D eigenvalue weighted by Crippen LogP contribution is -2.65. The van der Waals surface area contributed by atoms with Gasteiger partial charge in [-0.1, -0.05) is 264 Å². The molecule has 2 aliphatic heterocycles. The largest absolute Gasteiger partial charge is 0.394 e. The predicted molar refractivity (Wildman–Crippen MR) is 300 cm³/mol. The molecule has 0 saturated carbocycles. The number of nitrogens with one attached hydrogen (secondary N) is 1. The second-order valence-corrected chi connectivity index (χ2v) is 22.6. The number of ether oxygens (including phenoxy) is 4. The third kappa shape index (κ3) is 33.2. The number of carbonyl (C=O) groups is 1.